The number of hydrogen-bond donors (Lipinski definition) is 5. The van der Waals surface area contributed by atoms with Crippen molar-refractivity contribution in [1.82, 2.24) is 0 Å². The van der Waals surface area contributed by atoms with Gasteiger partial charge in [-0.3, -0.25) is 4.79 Å². The van der Waals surface area contributed by atoms with Gasteiger partial charge in [-0.15, -0.1) is 0 Å². The Hall–Kier alpha value is -0.990. The molecule has 0 aromatic carbocycles. The molecule has 0 amide bonds. The highest BCUT2D eigenvalue weighted by Gasteiger charge is 2.75. The second-order valence-corrected chi connectivity index (χ2v) is 13.5. The van der Waals surface area contributed by atoms with E-state index >= 15 is 0 Å². The third-order valence-corrected chi connectivity index (χ3v) is 11.0. The van der Waals surface area contributed by atoms with Crippen LogP contribution in [-0.4, -0.2) is 67.1 Å². The highest BCUT2D eigenvalue weighted by molar-refractivity contribution is 5.66. The quantitative estimate of drug-likeness (QED) is 0.276. The van der Waals surface area contributed by atoms with Crippen LogP contribution in [0, 0.1) is 34.5 Å². The van der Waals surface area contributed by atoms with Crippen LogP contribution in [0.2, 0.25) is 0 Å². The Balaban J connectivity index is 1.78. The molecule has 11 unspecified atom stereocenters. The fraction of sp³-hybridized carbons (Fsp3) is 0.897. The van der Waals surface area contributed by atoms with Crippen LogP contribution in [0.1, 0.15) is 92.9 Å². The number of hydrogen-bond acceptors (Lipinski definition) is 7. The molecule has 4 aliphatic carbocycles. The molecule has 7 heteroatoms. The Morgan fingerprint density at radius 3 is 2.28 bits per heavy atom. The predicted molar refractivity (Wildman–Crippen MR) is 136 cm³/mol. The van der Waals surface area contributed by atoms with Crippen LogP contribution in [0.5, 0.6) is 0 Å². The maximum Gasteiger partial charge on any atom is 0.303 e. The first kappa shape index (κ1) is 28.0. The largest absolute Gasteiger partial charge is 0.459 e. The van der Waals surface area contributed by atoms with Crippen molar-refractivity contribution in [3.8, 4) is 0 Å². The van der Waals surface area contributed by atoms with E-state index in [2.05, 4.69) is 27.7 Å². The van der Waals surface area contributed by atoms with Crippen LogP contribution in [0.15, 0.2) is 11.6 Å². The van der Waals surface area contributed by atoms with Crippen LogP contribution < -0.4 is 0 Å². The number of aliphatic hydroxyl groups excluding tert-OH is 3. The molecule has 7 nitrogen and oxygen atoms in total. The molecule has 3 saturated carbocycles. The normalized spacial score (nSPS) is 49.1. The maximum absolute atomic E-state index is 12.6. The molecule has 3 fully saturated rings. The lowest BCUT2D eigenvalue weighted by molar-refractivity contribution is -0.297. The van der Waals surface area contributed by atoms with Crippen molar-refractivity contribution in [2.75, 3.05) is 0 Å². The average molecular weight is 509 g/mol. The summed E-state index contributed by atoms with van der Waals surface area (Å²) in [5.74, 6) is 0.967. The highest BCUT2D eigenvalue weighted by Crippen LogP contribution is 2.69. The summed E-state index contributed by atoms with van der Waals surface area (Å²) in [5, 5.41) is 56.7. The minimum atomic E-state index is -1.88. The monoisotopic (exact) mass is 508 g/mol. The summed E-state index contributed by atoms with van der Waals surface area (Å²) in [6.45, 7) is 12.0. The lowest BCUT2D eigenvalue weighted by Gasteiger charge is -2.67. The lowest BCUT2D eigenvalue weighted by atomic mass is 9.42. The Bertz CT molecular complexity index is 887. The van der Waals surface area contributed by atoms with Gasteiger partial charge in [-0.25, -0.2) is 0 Å². The van der Waals surface area contributed by atoms with Gasteiger partial charge < -0.3 is 30.3 Å². The van der Waals surface area contributed by atoms with Crippen molar-refractivity contribution in [2.24, 2.45) is 34.5 Å². The molecular formula is C29H48O7. The van der Waals surface area contributed by atoms with E-state index in [9.17, 15) is 30.3 Å². The summed E-state index contributed by atoms with van der Waals surface area (Å²) >= 11 is 0. The highest BCUT2D eigenvalue weighted by atomic mass is 16.6. The molecule has 0 bridgehead atoms. The van der Waals surface area contributed by atoms with E-state index in [1.165, 1.54) is 19.8 Å². The number of esters is 1. The summed E-state index contributed by atoms with van der Waals surface area (Å²) in [7, 11) is 0. The summed E-state index contributed by atoms with van der Waals surface area (Å²) < 4.78 is 5.87. The van der Waals surface area contributed by atoms with Gasteiger partial charge in [0.05, 0.1) is 12.2 Å². The first-order valence-electron chi connectivity index (χ1n) is 14.0. The smallest absolute Gasteiger partial charge is 0.303 e. The Kier molecular flexibility index (Phi) is 7.27. The molecule has 0 aromatic rings. The third-order valence-electron chi connectivity index (χ3n) is 11.0. The average Bonchev–Trinajstić information content (AvgIpc) is 3.10. The molecule has 5 N–H and O–H groups in total. The standard InChI is InChI=1S/C29H48O7/c1-16(2)8-7-9-17(3)19-10-11-20-21-12-24(33)28(34)14-23(32)22(31)13-27(28,6)29(21,35)25(36-18(4)30)15-26(19,20)5/h12,16-17,19-20,22-25,31-35H,7-11,13-15H2,1-6H3. The summed E-state index contributed by atoms with van der Waals surface area (Å²) in [5.41, 5.74) is -4.69. The van der Waals surface area contributed by atoms with Crippen molar-refractivity contribution in [3.05, 3.63) is 11.6 Å². The molecule has 0 aromatic heterocycles. The number of carbonyl (C=O) groups is 1. The van der Waals surface area contributed by atoms with Crippen LogP contribution in [0.3, 0.4) is 0 Å². The Morgan fingerprint density at radius 2 is 1.67 bits per heavy atom. The van der Waals surface area contributed by atoms with Gasteiger partial charge in [0.2, 0.25) is 0 Å². The van der Waals surface area contributed by atoms with E-state index in [1.807, 2.05) is 0 Å². The first-order chi connectivity index (χ1) is 16.6. The minimum absolute atomic E-state index is 0.0353. The summed E-state index contributed by atoms with van der Waals surface area (Å²) in [6.07, 6.45) is 2.31. The van der Waals surface area contributed by atoms with Crippen molar-refractivity contribution >= 4 is 5.97 Å². The van der Waals surface area contributed by atoms with E-state index in [1.54, 1.807) is 13.0 Å². The van der Waals surface area contributed by atoms with Gasteiger partial charge in [0, 0.05) is 18.8 Å². The zero-order valence-electron chi connectivity index (χ0n) is 22.9. The molecule has 0 spiro atoms. The molecule has 36 heavy (non-hydrogen) atoms. The minimum Gasteiger partial charge on any atom is -0.459 e. The van der Waals surface area contributed by atoms with Crippen molar-refractivity contribution in [1.29, 1.82) is 0 Å². The third kappa shape index (κ3) is 3.91. The molecule has 206 valence electrons. The van der Waals surface area contributed by atoms with E-state index in [0.29, 0.717) is 29.7 Å². The van der Waals surface area contributed by atoms with Crippen LogP contribution in [-0.2, 0) is 9.53 Å². The van der Waals surface area contributed by atoms with Gasteiger partial charge in [0.15, 0.2) is 0 Å². The van der Waals surface area contributed by atoms with Gasteiger partial charge in [-0.1, -0.05) is 60.0 Å². The number of carbonyl (C=O) groups excluding carboxylic acids is 1. The number of aliphatic hydroxyl groups is 5. The Morgan fingerprint density at radius 1 is 1.03 bits per heavy atom. The molecule has 0 heterocycles. The lowest BCUT2D eigenvalue weighted by Crippen LogP contribution is -2.78. The SMILES string of the molecule is CC(=O)OC1CC2(C)C(CCC2C(C)CCCC(C)C)C2=CC(O)C3(O)CC(O)C(O)CC3(C)C21O. The second kappa shape index (κ2) is 9.33. The zero-order valence-corrected chi connectivity index (χ0v) is 22.9. The van der Waals surface area contributed by atoms with Crippen molar-refractivity contribution in [2.45, 2.75) is 129 Å². The predicted octanol–water partition coefficient (Wildman–Crippen LogP) is 3.10. The number of ether oxygens (including phenoxy) is 1. The van der Waals surface area contributed by atoms with Gasteiger partial charge in [0.25, 0.3) is 0 Å². The molecule has 0 aliphatic heterocycles. The van der Waals surface area contributed by atoms with Crippen molar-refractivity contribution in [3.63, 3.8) is 0 Å². The second-order valence-electron chi connectivity index (χ2n) is 13.5. The molecule has 0 radical (unpaired) electrons. The van der Waals surface area contributed by atoms with Gasteiger partial charge in [0.1, 0.15) is 23.4 Å². The van der Waals surface area contributed by atoms with E-state index in [4.69, 9.17) is 4.74 Å². The van der Waals surface area contributed by atoms with E-state index in [0.717, 1.165) is 19.3 Å². The van der Waals surface area contributed by atoms with Crippen molar-refractivity contribution < 1.29 is 35.1 Å². The van der Waals surface area contributed by atoms with Crippen LogP contribution in [0.4, 0.5) is 0 Å². The maximum atomic E-state index is 12.6. The molecule has 4 aliphatic rings. The summed E-state index contributed by atoms with van der Waals surface area (Å²) in [6, 6.07) is 0. The molecule has 4 rings (SSSR count). The number of fused-ring (bicyclic) bond motifs is 5. The first-order valence-corrected chi connectivity index (χ1v) is 14.0. The van der Waals surface area contributed by atoms with E-state index < -0.39 is 47.0 Å². The molecule has 11 atom stereocenters. The van der Waals surface area contributed by atoms with Gasteiger partial charge >= 0.3 is 5.97 Å². The molecule has 0 saturated heterocycles. The van der Waals surface area contributed by atoms with Crippen LogP contribution >= 0.6 is 0 Å². The van der Waals surface area contributed by atoms with E-state index in [-0.39, 0.29) is 24.2 Å². The van der Waals surface area contributed by atoms with Gasteiger partial charge in [-0.2, -0.15) is 0 Å². The fourth-order valence-electron chi connectivity index (χ4n) is 8.95. The summed E-state index contributed by atoms with van der Waals surface area (Å²) in [4.78, 5) is 12.3. The molecular weight excluding hydrogens is 460 g/mol. The topological polar surface area (TPSA) is 127 Å². The Labute approximate surface area is 215 Å². The zero-order chi connectivity index (χ0) is 26.8. The van der Waals surface area contributed by atoms with Crippen LogP contribution in [0.25, 0.3) is 0 Å². The number of rotatable bonds is 6. The van der Waals surface area contributed by atoms with Gasteiger partial charge in [-0.05, 0) is 60.3 Å². The fourth-order valence-corrected chi connectivity index (χ4v) is 8.95.